The van der Waals surface area contributed by atoms with Gasteiger partial charge in [0, 0.05) is 43.8 Å². The molecule has 0 spiro atoms. The molecule has 0 atom stereocenters. The fraction of sp³-hybridized carbons (Fsp3) is 0.111. The second kappa shape index (κ2) is 11.0. The van der Waals surface area contributed by atoms with Crippen LogP contribution in [0.25, 0.3) is 11.1 Å². The maximum Gasteiger partial charge on any atom is 0.337 e. The van der Waals surface area contributed by atoms with Crippen molar-refractivity contribution in [2.45, 2.75) is 13.8 Å². The number of phenolic OH excluding ortho intramolecular Hbond substituents is 1. The third-order valence-corrected chi connectivity index (χ3v) is 5.61. The van der Waals surface area contributed by atoms with Crippen LogP contribution in [0.5, 0.6) is 5.75 Å². The molecule has 0 unspecified atom stereocenters. The van der Waals surface area contributed by atoms with Crippen LogP contribution in [0.1, 0.15) is 35.3 Å². The number of carbonyl (C=O) groups is 4. The minimum atomic E-state index is -1.38. The molecule has 192 valence electrons. The van der Waals surface area contributed by atoms with Gasteiger partial charge in [0.1, 0.15) is 11.5 Å². The third-order valence-electron chi connectivity index (χ3n) is 5.61. The highest BCUT2D eigenvalue weighted by molar-refractivity contribution is 6.48. The number of carboxylic acid groups (broad SMARTS) is 1. The minimum absolute atomic E-state index is 0.0758. The molecule has 3 amide bonds. The van der Waals surface area contributed by atoms with Crippen LogP contribution in [0.15, 0.2) is 54.6 Å². The Bertz CT molecular complexity index is 1520. The van der Waals surface area contributed by atoms with Crippen LogP contribution in [0.3, 0.4) is 0 Å². The molecule has 3 aromatic carbocycles. The molecule has 5 N–H and O–H groups in total. The number of nitrogens with one attached hydrogen (secondary N) is 3. The summed E-state index contributed by atoms with van der Waals surface area (Å²) in [7, 11) is 1.61. The number of rotatable bonds is 7. The number of phenols is 1. The molecule has 0 saturated heterocycles. The summed E-state index contributed by atoms with van der Waals surface area (Å²) in [4.78, 5) is 49.3. The van der Waals surface area contributed by atoms with Gasteiger partial charge in [0.2, 0.25) is 11.8 Å². The quantitative estimate of drug-likeness (QED) is 0.299. The molecule has 0 aliphatic heterocycles. The van der Waals surface area contributed by atoms with Gasteiger partial charge in [0.25, 0.3) is 5.91 Å². The largest absolute Gasteiger partial charge is 0.507 e. The van der Waals surface area contributed by atoms with Gasteiger partial charge >= 0.3 is 5.97 Å². The summed E-state index contributed by atoms with van der Waals surface area (Å²) < 4.78 is 0. The molecular weight excluding hydrogens is 490 g/mol. The summed E-state index contributed by atoms with van der Waals surface area (Å²) >= 11 is 0. The summed E-state index contributed by atoms with van der Waals surface area (Å²) in [6, 6.07) is 14.7. The summed E-state index contributed by atoms with van der Waals surface area (Å²) in [6.07, 6.45) is 0. The van der Waals surface area contributed by atoms with Crippen LogP contribution in [-0.4, -0.2) is 46.7 Å². The number of hydrogen-bond donors (Lipinski definition) is 5. The van der Waals surface area contributed by atoms with E-state index in [-0.39, 0.29) is 34.0 Å². The zero-order valence-electron chi connectivity index (χ0n) is 20.6. The van der Waals surface area contributed by atoms with Gasteiger partial charge in [0.05, 0.1) is 28.6 Å². The van der Waals surface area contributed by atoms with Crippen LogP contribution >= 0.6 is 0 Å². The molecule has 0 aromatic heterocycles. The molecule has 0 saturated carbocycles. The summed E-state index contributed by atoms with van der Waals surface area (Å²) in [5.74, 6) is -3.45. The minimum Gasteiger partial charge on any atom is -0.507 e. The number of aromatic carboxylic acids is 1. The fourth-order valence-electron chi connectivity index (χ4n) is 3.57. The van der Waals surface area contributed by atoms with E-state index in [0.29, 0.717) is 16.8 Å². The van der Waals surface area contributed by atoms with E-state index < -0.39 is 29.2 Å². The van der Waals surface area contributed by atoms with Gasteiger partial charge in [-0.25, -0.2) is 4.79 Å². The van der Waals surface area contributed by atoms with Gasteiger partial charge in [-0.1, -0.05) is 12.1 Å². The third kappa shape index (κ3) is 5.83. The van der Waals surface area contributed by atoms with Crippen LogP contribution in [0, 0.1) is 16.7 Å². The lowest BCUT2D eigenvalue weighted by molar-refractivity contribution is -0.116. The van der Waals surface area contributed by atoms with Gasteiger partial charge < -0.3 is 25.7 Å². The van der Waals surface area contributed by atoms with Crippen LogP contribution in [-0.2, 0) is 14.4 Å². The summed E-state index contributed by atoms with van der Waals surface area (Å²) in [6.45, 7) is 2.70. The molecule has 0 aliphatic carbocycles. The molecule has 0 aliphatic rings. The Hall–Kier alpha value is -5.50. The van der Waals surface area contributed by atoms with Crippen molar-refractivity contribution in [3.8, 4) is 22.9 Å². The molecule has 11 nitrogen and oxygen atoms in total. The van der Waals surface area contributed by atoms with E-state index in [2.05, 4.69) is 10.6 Å². The Labute approximate surface area is 217 Å². The van der Waals surface area contributed by atoms with E-state index in [0.717, 1.165) is 6.07 Å². The number of amides is 3. The molecular formula is C27H23N5O6. The monoisotopic (exact) mass is 513 g/mol. The number of aromatic hydroxyl groups is 1. The van der Waals surface area contributed by atoms with Gasteiger partial charge in [-0.05, 0) is 42.0 Å². The predicted molar refractivity (Wildman–Crippen MR) is 141 cm³/mol. The second-order valence-corrected chi connectivity index (χ2v) is 8.23. The highest BCUT2D eigenvalue weighted by Crippen LogP contribution is 2.35. The Kier molecular flexibility index (Phi) is 7.88. The first-order valence-electron chi connectivity index (χ1n) is 11.1. The van der Waals surface area contributed by atoms with E-state index in [1.165, 1.54) is 43.0 Å². The van der Waals surface area contributed by atoms with Crippen LogP contribution in [0.2, 0.25) is 0 Å². The van der Waals surface area contributed by atoms with Crippen LogP contribution in [0.4, 0.5) is 17.1 Å². The molecule has 0 heterocycles. The van der Waals surface area contributed by atoms with Crippen molar-refractivity contribution < 1.29 is 29.4 Å². The Morgan fingerprint density at radius 2 is 1.58 bits per heavy atom. The van der Waals surface area contributed by atoms with Crippen molar-refractivity contribution >= 4 is 46.5 Å². The van der Waals surface area contributed by atoms with E-state index in [9.17, 15) is 29.4 Å². The number of hydrogen-bond acceptors (Lipinski definition) is 7. The first-order valence-corrected chi connectivity index (χ1v) is 11.1. The first kappa shape index (κ1) is 27.1. The highest BCUT2D eigenvalue weighted by Gasteiger charge is 2.22. The Morgan fingerprint density at radius 3 is 2.13 bits per heavy atom. The molecule has 3 aromatic rings. The van der Waals surface area contributed by atoms with Crippen molar-refractivity contribution in [1.29, 1.82) is 10.7 Å². The average molecular weight is 514 g/mol. The van der Waals surface area contributed by atoms with Crippen molar-refractivity contribution in [2.75, 3.05) is 22.6 Å². The normalized spacial score (nSPS) is 10.2. The van der Waals surface area contributed by atoms with Crippen LogP contribution < -0.4 is 15.5 Å². The second-order valence-electron chi connectivity index (χ2n) is 8.23. The Balaban J connectivity index is 2.02. The SMILES string of the molecule is CC(=O)Nc1cc(O)c(C(=N)C(=O)Nc2ccc(C#N)cc2C(=O)O)cc1-c1ccc(N(C)C(C)=O)cc1. The van der Waals surface area contributed by atoms with Gasteiger partial charge in [-0.3, -0.25) is 19.8 Å². The van der Waals surface area contributed by atoms with Gasteiger partial charge in [-0.2, -0.15) is 5.26 Å². The molecule has 0 fully saturated rings. The number of carbonyl (C=O) groups excluding carboxylic acids is 3. The lowest BCUT2D eigenvalue weighted by Crippen LogP contribution is -2.24. The molecule has 3 rings (SSSR count). The Morgan fingerprint density at radius 1 is 0.921 bits per heavy atom. The topological polar surface area (TPSA) is 184 Å². The summed E-state index contributed by atoms with van der Waals surface area (Å²) in [5.41, 5.74) is 0.528. The van der Waals surface area contributed by atoms with E-state index in [1.54, 1.807) is 31.3 Å². The number of anilines is 3. The smallest absolute Gasteiger partial charge is 0.337 e. The predicted octanol–water partition coefficient (Wildman–Crippen LogP) is 3.58. The zero-order chi connectivity index (χ0) is 28.1. The van der Waals surface area contributed by atoms with Crippen molar-refractivity contribution in [3.63, 3.8) is 0 Å². The van der Waals surface area contributed by atoms with Gasteiger partial charge in [0.15, 0.2) is 0 Å². The number of benzene rings is 3. The zero-order valence-corrected chi connectivity index (χ0v) is 20.6. The lowest BCUT2D eigenvalue weighted by Gasteiger charge is -2.17. The number of carboxylic acids is 1. The maximum absolute atomic E-state index is 12.9. The molecule has 0 radical (unpaired) electrons. The first-order chi connectivity index (χ1) is 17.9. The standard InChI is InChI=1S/C27H23N5O6/c1-14(33)30-23-12-24(35)21(11-19(23)17-5-7-18(8-6-17)32(3)15(2)34)25(29)26(36)31-22-9-4-16(13-28)10-20(22)27(37)38/h4-12,29,35H,1-3H3,(H,30,33)(H,31,36)(H,37,38). The van der Waals surface area contributed by atoms with Crippen molar-refractivity contribution in [1.82, 2.24) is 0 Å². The fourth-order valence-corrected chi connectivity index (χ4v) is 3.57. The highest BCUT2D eigenvalue weighted by atomic mass is 16.4. The number of nitrogens with zero attached hydrogens (tertiary/aromatic N) is 2. The van der Waals surface area contributed by atoms with Gasteiger partial charge in [-0.15, -0.1) is 0 Å². The average Bonchev–Trinajstić information content (AvgIpc) is 2.87. The summed E-state index contributed by atoms with van der Waals surface area (Å²) in [5, 5.41) is 42.4. The van der Waals surface area contributed by atoms with E-state index >= 15 is 0 Å². The van der Waals surface area contributed by atoms with Crippen molar-refractivity contribution in [3.05, 3.63) is 71.3 Å². The molecule has 38 heavy (non-hydrogen) atoms. The maximum atomic E-state index is 12.9. The van der Waals surface area contributed by atoms with E-state index in [4.69, 9.17) is 10.7 Å². The molecule has 11 heteroatoms. The lowest BCUT2D eigenvalue weighted by atomic mass is 9.97. The van der Waals surface area contributed by atoms with E-state index in [1.807, 2.05) is 6.07 Å². The number of nitriles is 1. The molecule has 0 bridgehead atoms. The van der Waals surface area contributed by atoms with Crippen molar-refractivity contribution in [2.24, 2.45) is 0 Å².